The molecule has 1 fully saturated rings. The van der Waals surface area contributed by atoms with Crippen molar-refractivity contribution in [3.8, 4) is 5.75 Å². The summed E-state index contributed by atoms with van der Waals surface area (Å²) in [6.45, 7) is 2.96. The van der Waals surface area contributed by atoms with E-state index in [1.54, 1.807) is 55.2 Å². The number of ether oxygens (including phenoxy) is 2. The number of nitrogens with zero attached hydrogens (tertiary/aromatic N) is 1. The van der Waals surface area contributed by atoms with Crippen LogP contribution in [-0.2, 0) is 23.4 Å². The fraction of sp³-hybridized carbons (Fsp3) is 0.423. The van der Waals surface area contributed by atoms with Crippen LogP contribution in [0.15, 0.2) is 58.3 Å². The fourth-order valence-corrected chi connectivity index (χ4v) is 6.01. The van der Waals surface area contributed by atoms with Crippen molar-refractivity contribution in [1.82, 2.24) is 14.6 Å². The summed E-state index contributed by atoms with van der Waals surface area (Å²) in [6, 6.07) is 10.1. The monoisotopic (exact) mass is 649 g/mol. The van der Waals surface area contributed by atoms with Crippen LogP contribution < -0.4 is 20.9 Å². The number of carbonyl (C=O) groups is 1. The zero-order valence-corrected chi connectivity index (χ0v) is 24.6. The van der Waals surface area contributed by atoms with Gasteiger partial charge in [-0.1, -0.05) is 48.0 Å². The number of aromatic amines is 1. The van der Waals surface area contributed by atoms with Gasteiger partial charge in [0.25, 0.3) is 12.0 Å². The normalized spacial score (nSPS) is 24.3. The molecule has 4 rings (SSSR count). The Kier molecular flexibility index (Phi) is 9.74. The molecule has 1 aliphatic rings. The van der Waals surface area contributed by atoms with Crippen molar-refractivity contribution in [1.29, 1.82) is 0 Å². The number of aliphatic hydroxyl groups excluding tert-OH is 1. The van der Waals surface area contributed by atoms with Crippen LogP contribution in [0, 0.1) is 0 Å². The topological polar surface area (TPSA) is 158 Å². The summed E-state index contributed by atoms with van der Waals surface area (Å²) in [5.41, 5.74) is -5.49. The molecule has 1 aliphatic heterocycles. The van der Waals surface area contributed by atoms with Crippen LogP contribution in [-0.4, -0.2) is 63.7 Å². The van der Waals surface area contributed by atoms with Gasteiger partial charge in [0.15, 0.2) is 18.0 Å². The minimum atomic E-state index is -4.83. The van der Waals surface area contributed by atoms with E-state index < -0.39 is 79.3 Å². The summed E-state index contributed by atoms with van der Waals surface area (Å²) >= 11 is 5.71. The predicted octanol–water partition coefficient (Wildman–Crippen LogP) is 3.71. The summed E-state index contributed by atoms with van der Waals surface area (Å²) in [7, 11) is -4.83. The highest BCUT2D eigenvalue weighted by Crippen LogP contribution is 2.50. The standard InChI is InChI=1S/C26H28ClF3N3O9P/c1-13(2)40-23(36)14(3)32-43(38,42-18-10-6-8-15-7-4-5-9-16(15)18)39-12-26(24(29)30)20(34)19(28)22(41-26)33-11-17(27)21(35)31-25(33)37/h4-11,13-14,19-20,22,24,34H,12H2,1-3H3,(H,32,38)(H,31,35,37). The van der Waals surface area contributed by atoms with Crippen molar-refractivity contribution in [2.24, 2.45) is 0 Å². The van der Waals surface area contributed by atoms with Crippen molar-refractivity contribution >= 4 is 36.1 Å². The second-order valence-electron chi connectivity index (χ2n) is 9.97. The quantitative estimate of drug-likeness (QED) is 0.207. The van der Waals surface area contributed by atoms with E-state index in [0.29, 0.717) is 21.5 Å². The number of benzene rings is 2. The molecule has 0 bridgehead atoms. The van der Waals surface area contributed by atoms with Gasteiger partial charge in [-0.2, -0.15) is 5.09 Å². The number of alkyl halides is 3. The van der Waals surface area contributed by atoms with Gasteiger partial charge >= 0.3 is 19.4 Å². The SMILES string of the molecule is CC(C)OC(=O)C(C)NP(=O)(OCC1(C(F)F)OC(n2cc(Cl)c(=O)[nH]c2=O)C(F)C1O)Oc1cccc2ccccc12. The second-order valence-corrected chi connectivity index (χ2v) is 12.1. The molecule has 0 saturated carbocycles. The smallest absolute Gasteiger partial charge is 0.459 e. The van der Waals surface area contributed by atoms with Crippen LogP contribution in [0.3, 0.4) is 0 Å². The first-order valence-electron chi connectivity index (χ1n) is 12.9. The highest BCUT2D eigenvalue weighted by atomic mass is 35.5. The maximum atomic E-state index is 15.3. The lowest BCUT2D eigenvalue weighted by atomic mass is 9.97. The fourth-order valence-electron chi connectivity index (χ4n) is 4.31. The first-order chi connectivity index (χ1) is 20.2. The molecule has 6 unspecified atom stereocenters. The van der Waals surface area contributed by atoms with E-state index in [1.165, 1.54) is 13.0 Å². The van der Waals surface area contributed by atoms with Crippen molar-refractivity contribution in [3.63, 3.8) is 0 Å². The summed E-state index contributed by atoms with van der Waals surface area (Å²) in [6.07, 6.45) is -11.1. The molecule has 3 aromatic rings. The number of aromatic nitrogens is 2. The molecule has 3 N–H and O–H groups in total. The Labute approximate surface area is 247 Å². The maximum Gasteiger partial charge on any atom is 0.459 e. The molecular weight excluding hydrogens is 622 g/mol. The Morgan fingerprint density at radius 2 is 1.88 bits per heavy atom. The van der Waals surface area contributed by atoms with Gasteiger partial charge in [-0.15, -0.1) is 0 Å². The van der Waals surface area contributed by atoms with E-state index in [1.807, 2.05) is 0 Å². The Balaban J connectivity index is 1.69. The van der Waals surface area contributed by atoms with E-state index in [4.69, 9.17) is 30.1 Å². The van der Waals surface area contributed by atoms with Crippen LogP contribution >= 0.6 is 19.3 Å². The average molecular weight is 650 g/mol. The molecule has 0 spiro atoms. The molecule has 1 saturated heterocycles. The van der Waals surface area contributed by atoms with Crippen LogP contribution in [0.2, 0.25) is 5.02 Å². The predicted molar refractivity (Wildman–Crippen MR) is 148 cm³/mol. The molecule has 234 valence electrons. The molecule has 17 heteroatoms. The molecule has 0 amide bonds. The number of rotatable bonds is 11. The Morgan fingerprint density at radius 1 is 1.21 bits per heavy atom. The first kappa shape index (κ1) is 32.7. The van der Waals surface area contributed by atoms with E-state index in [-0.39, 0.29) is 5.75 Å². The van der Waals surface area contributed by atoms with Gasteiger partial charge in [-0.05, 0) is 32.2 Å². The summed E-state index contributed by atoms with van der Waals surface area (Å²) in [4.78, 5) is 38.2. The maximum absolute atomic E-state index is 15.3. The number of carbonyl (C=O) groups excluding carboxylic acids is 1. The Bertz CT molecular complexity index is 1650. The lowest BCUT2D eigenvalue weighted by Crippen LogP contribution is -2.52. The number of fused-ring (bicyclic) bond motifs is 1. The van der Waals surface area contributed by atoms with Gasteiger partial charge in [0.05, 0.1) is 12.7 Å². The Morgan fingerprint density at radius 3 is 2.56 bits per heavy atom. The third-order valence-corrected chi connectivity index (χ3v) is 8.35. The van der Waals surface area contributed by atoms with E-state index in [2.05, 4.69) is 5.09 Å². The van der Waals surface area contributed by atoms with Crippen LogP contribution in [0.25, 0.3) is 10.8 Å². The van der Waals surface area contributed by atoms with Gasteiger partial charge in [0.2, 0.25) is 0 Å². The number of nitrogens with one attached hydrogen (secondary N) is 2. The number of halogens is 4. The van der Waals surface area contributed by atoms with E-state index in [0.717, 1.165) is 0 Å². The first-order valence-corrected chi connectivity index (χ1v) is 14.8. The minimum Gasteiger partial charge on any atom is -0.462 e. The molecular formula is C26H28ClF3N3O9P. The number of aliphatic hydroxyl groups is 1. The highest BCUT2D eigenvalue weighted by Gasteiger charge is 2.62. The van der Waals surface area contributed by atoms with Gasteiger partial charge in [-0.25, -0.2) is 22.5 Å². The summed E-state index contributed by atoms with van der Waals surface area (Å²) in [5, 5.41) is 13.5. The third kappa shape index (κ3) is 6.82. The largest absolute Gasteiger partial charge is 0.462 e. The van der Waals surface area contributed by atoms with Gasteiger partial charge in [0.1, 0.15) is 22.9 Å². The number of esters is 1. The zero-order chi connectivity index (χ0) is 31.7. The van der Waals surface area contributed by atoms with Gasteiger partial charge in [0, 0.05) is 11.6 Å². The van der Waals surface area contributed by atoms with Crippen LogP contribution in [0.5, 0.6) is 5.75 Å². The van der Waals surface area contributed by atoms with E-state index >= 15 is 4.39 Å². The zero-order valence-electron chi connectivity index (χ0n) is 22.9. The highest BCUT2D eigenvalue weighted by molar-refractivity contribution is 7.52. The van der Waals surface area contributed by atoms with E-state index in [9.17, 15) is 32.8 Å². The molecule has 12 nitrogen and oxygen atoms in total. The average Bonchev–Trinajstić information content (AvgIpc) is 3.20. The van der Waals surface area contributed by atoms with Crippen molar-refractivity contribution in [2.45, 2.75) is 63.4 Å². The molecule has 0 radical (unpaired) electrons. The van der Waals surface area contributed by atoms with Crippen molar-refractivity contribution in [2.75, 3.05) is 6.61 Å². The number of hydrogen-bond acceptors (Lipinski definition) is 9. The van der Waals surface area contributed by atoms with Crippen LogP contribution in [0.1, 0.15) is 27.0 Å². The second kappa shape index (κ2) is 12.8. The summed E-state index contributed by atoms with van der Waals surface area (Å²) in [5.74, 6) is -0.896. The summed E-state index contributed by atoms with van der Waals surface area (Å²) < 4.78 is 80.2. The number of H-pyrrole nitrogens is 1. The Hall–Kier alpha value is -3.20. The van der Waals surface area contributed by atoms with Crippen LogP contribution in [0.4, 0.5) is 13.2 Å². The lowest BCUT2D eigenvalue weighted by molar-refractivity contribution is -0.192. The molecule has 2 heterocycles. The lowest BCUT2D eigenvalue weighted by Gasteiger charge is -2.32. The van der Waals surface area contributed by atoms with Crippen molar-refractivity contribution < 1.29 is 46.2 Å². The molecule has 6 atom stereocenters. The van der Waals surface area contributed by atoms with Gasteiger partial charge < -0.3 is 19.1 Å². The number of hydrogen-bond donors (Lipinski definition) is 3. The van der Waals surface area contributed by atoms with Crippen molar-refractivity contribution in [3.05, 3.63) is 74.5 Å². The molecule has 0 aliphatic carbocycles. The molecule has 2 aromatic carbocycles. The molecule has 1 aromatic heterocycles. The third-order valence-electron chi connectivity index (χ3n) is 6.47. The molecule has 43 heavy (non-hydrogen) atoms. The van der Waals surface area contributed by atoms with Gasteiger partial charge in [-0.3, -0.25) is 23.7 Å². The minimum absolute atomic E-state index is 0.0203.